The van der Waals surface area contributed by atoms with Gasteiger partial charge in [0.2, 0.25) is 5.95 Å². The van der Waals surface area contributed by atoms with Crippen LogP contribution < -0.4 is 5.32 Å². The third kappa shape index (κ3) is 2.19. The Morgan fingerprint density at radius 1 is 1.06 bits per heavy atom. The summed E-state index contributed by atoms with van der Waals surface area (Å²) in [7, 11) is 0. The monoisotopic (exact) mass is 216 g/mol. The Kier molecular flexibility index (Phi) is 2.86. The number of nitrogens with one attached hydrogen (secondary N) is 1. The molecule has 0 aliphatic heterocycles. The molecule has 2 nitrogen and oxygen atoms in total. The normalized spacial score (nSPS) is 10.2. The molecule has 0 atom stereocenters. The van der Waals surface area contributed by atoms with Crippen molar-refractivity contribution in [1.29, 1.82) is 0 Å². The number of aryl methyl sites for hydroxylation is 1. The van der Waals surface area contributed by atoms with Crippen LogP contribution in [-0.2, 0) is 0 Å². The lowest BCUT2D eigenvalue weighted by Crippen LogP contribution is -1.97. The van der Waals surface area contributed by atoms with Gasteiger partial charge in [0.1, 0.15) is 5.82 Å². The Hall–Kier alpha value is -1.90. The van der Waals surface area contributed by atoms with E-state index < -0.39 is 5.95 Å². The fourth-order valence-electron chi connectivity index (χ4n) is 1.50. The van der Waals surface area contributed by atoms with Gasteiger partial charge in [0.25, 0.3) is 0 Å². The van der Waals surface area contributed by atoms with Crippen LogP contribution in [0.3, 0.4) is 0 Å². The molecule has 0 bridgehead atoms. The zero-order valence-electron chi connectivity index (χ0n) is 9.29. The Morgan fingerprint density at radius 3 is 2.56 bits per heavy atom. The summed E-state index contributed by atoms with van der Waals surface area (Å²) < 4.78 is 12.9. The topological polar surface area (TPSA) is 24.9 Å². The summed E-state index contributed by atoms with van der Waals surface area (Å²) in [6.07, 6.45) is 0. The van der Waals surface area contributed by atoms with E-state index in [1.165, 1.54) is 11.6 Å². The summed E-state index contributed by atoms with van der Waals surface area (Å²) >= 11 is 0. The first kappa shape index (κ1) is 10.6. The van der Waals surface area contributed by atoms with E-state index in [1.807, 2.05) is 32.0 Å². The Morgan fingerprint density at radius 2 is 1.81 bits per heavy atom. The molecule has 2 rings (SSSR count). The first-order valence-electron chi connectivity index (χ1n) is 5.12. The minimum absolute atomic E-state index is 0.477. The van der Waals surface area contributed by atoms with Gasteiger partial charge in [-0.3, -0.25) is 0 Å². The van der Waals surface area contributed by atoms with E-state index in [0.29, 0.717) is 5.82 Å². The molecule has 82 valence electrons. The van der Waals surface area contributed by atoms with Gasteiger partial charge in [0.15, 0.2) is 0 Å². The smallest absolute Gasteiger partial charge is 0.214 e. The average molecular weight is 216 g/mol. The number of hydrogen-bond donors (Lipinski definition) is 1. The quantitative estimate of drug-likeness (QED) is 0.776. The maximum Gasteiger partial charge on any atom is 0.214 e. The molecule has 0 aliphatic carbocycles. The number of pyridine rings is 1. The van der Waals surface area contributed by atoms with E-state index in [1.54, 1.807) is 12.1 Å². The lowest BCUT2D eigenvalue weighted by Gasteiger charge is -2.10. The van der Waals surface area contributed by atoms with E-state index in [0.717, 1.165) is 11.3 Å². The minimum Gasteiger partial charge on any atom is -0.340 e. The Balaban J connectivity index is 2.31. The molecule has 2 aromatic rings. The van der Waals surface area contributed by atoms with Crippen molar-refractivity contribution in [3.05, 3.63) is 53.5 Å². The lowest BCUT2D eigenvalue weighted by molar-refractivity contribution is 0.585. The summed E-state index contributed by atoms with van der Waals surface area (Å²) in [6.45, 7) is 4.07. The predicted molar refractivity (Wildman–Crippen MR) is 63.4 cm³/mol. The SMILES string of the molecule is Cc1cccc(Nc2cccc(F)n2)c1C. The van der Waals surface area contributed by atoms with Crippen molar-refractivity contribution in [1.82, 2.24) is 4.98 Å². The van der Waals surface area contributed by atoms with Crippen LogP contribution in [0.1, 0.15) is 11.1 Å². The van der Waals surface area contributed by atoms with Gasteiger partial charge in [-0.15, -0.1) is 0 Å². The summed E-state index contributed by atoms with van der Waals surface area (Å²) in [4.78, 5) is 3.76. The summed E-state index contributed by atoms with van der Waals surface area (Å²) in [6, 6.07) is 10.7. The maximum absolute atomic E-state index is 12.9. The van der Waals surface area contributed by atoms with E-state index >= 15 is 0 Å². The molecular formula is C13H13FN2. The third-order valence-corrected chi connectivity index (χ3v) is 2.58. The fraction of sp³-hybridized carbons (Fsp3) is 0.154. The van der Waals surface area contributed by atoms with Crippen LogP contribution in [0.15, 0.2) is 36.4 Å². The summed E-state index contributed by atoms with van der Waals surface area (Å²) in [5, 5.41) is 3.10. The van der Waals surface area contributed by atoms with Gasteiger partial charge in [-0.1, -0.05) is 18.2 Å². The third-order valence-electron chi connectivity index (χ3n) is 2.58. The number of halogens is 1. The molecule has 1 N–H and O–H groups in total. The first-order chi connectivity index (χ1) is 7.66. The molecule has 0 amide bonds. The van der Waals surface area contributed by atoms with Gasteiger partial charge < -0.3 is 5.32 Å². The molecule has 0 unspecified atom stereocenters. The van der Waals surface area contributed by atoms with Crippen molar-refractivity contribution in [2.45, 2.75) is 13.8 Å². The van der Waals surface area contributed by atoms with Crippen molar-refractivity contribution >= 4 is 11.5 Å². The van der Waals surface area contributed by atoms with Crippen molar-refractivity contribution in [2.24, 2.45) is 0 Å². The molecule has 1 aromatic heterocycles. The van der Waals surface area contributed by atoms with Gasteiger partial charge in [0, 0.05) is 5.69 Å². The number of nitrogens with zero attached hydrogens (tertiary/aromatic N) is 1. The van der Waals surface area contributed by atoms with Gasteiger partial charge >= 0.3 is 0 Å². The molecule has 0 radical (unpaired) electrons. The molecule has 16 heavy (non-hydrogen) atoms. The van der Waals surface area contributed by atoms with Crippen molar-refractivity contribution in [3.63, 3.8) is 0 Å². The molecule has 1 aromatic carbocycles. The highest BCUT2D eigenvalue weighted by Crippen LogP contribution is 2.21. The number of anilines is 2. The van der Waals surface area contributed by atoms with E-state index in [2.05, 4.69) is 10.3 Å². The van der Waals surface area contributed by atoms with Gasteiger partial charge in [0.05, 0.1) is 0 Å². The zero-order chi connectivity index (χ0) is 11.5. The molecule has 0 spiro atoms. The highest BCUT2D eigenvalue weighted by atomic mass is 19.1. The standard InChI is InChI=1S/C13H13FN2/c1-9-5-3-6-11(10(9)2)15-13-8-4-7-12(14)16-13/h3-8H,1-2H3,(H,15,16). The van der Waals surface area contributed by atoms with E-state index in [-0.39, 0.29) is 0 Å². The fourth-order valence-corrected chi connectivity index (χ4v) is 1.50. The number of benzene rings is 1. The second-order valence-corrected chi connectivity index (χ2v) is 3.72. The van der Waals surface area contributed by atoms with Crippen LogP contribution in [0.25, 0.3) is 0 Å². The predicted octanol–water partition coefficient (Wildman–Crippen LogP) is 3.58. The van der Waals surface area contributed by atoms with Crippen LogP contribution in [0, 0.1) is 19.8 Å². The Bertz CT molecular complexity index is 509. The van der Waals surface area contributed by atoms with Gasteiger partial charge in [-0.25, -0.2) is 4.98 Å². The Labute approximate surface area is 94.2 Å². The minimum atomic E-state index is -0.477. The van der Waals surface area contributed by atoms with Crippen molar-refractivity contribution < 1.29 is 4.39 Å². The summed E-state index contributed by atoms with van der Waals surface area (Å²) in [5.41, 5.74) is 3.30. The van der Waals surface area contributed by atoms with Gasteiger partial charge in [-0.05, 0) is 43.2 Å². The molecule has 0 saturated heterocycles. The molecule has 3 heteroatoms. The van der Waals surface area contributed by atoms with Crippen LogP contribution in [0.4, 0.5) is 15.9 Å². The number of aromatic nitrogens is 1. The molecule has 0 aliphatic rings. The lowest BCUT2D eigenvalue weighted by atomic mass is 10.1. The second kappa shape index (κ2) is 4.31. The zero-order valence-corrected chi connectivity index (χ0v) is 9.29. The van der Waals surface area contributed by atoms with Crippen LogP contribution in [0.5, 0.6) is 0 Å². The second-order valence-electron chi connectivity index (χ2n) is 3.72. The molecular weight excluding hydrogens is 203 g/mol. The van der Waals surface area contributed by atoms with Crippen LogP contribution in [-0.4, -0.2) is 4.98 Å². The van der Waals surface area contributed by atoms with E-state index in [4.69, 9.17) is 0 Å². The molecule has 0 saturated carbocycles. The van der Waals surface area contributed by atoms with Crippen LogP contribution in [0.2, 0.25) is 0 Å². The largest absolute Gasteiger partial charge is 0.340 e. The van der Waals surface area contributed by atoms with Crippen LogP contribution >= 0.6 is 0 Å². The van der Waals surface area contributed by atoms with Crippen molar-refractivity contribution in [2.75, 3.05) is 5.32 Å². The molecule has 0 fully saturated rings. The number of hydrogen-bond acceptors (Lipinski definition) is 2. The number of rotatable bonds is 2. The molecule has 1 heterocycles. The average Bonchev–Trinajstić information content (AvgIpc) is 2.25. The van der Waals surface area contributed by atoms with Crippen molar-refractivity contribution in [3.8, 4) is 0 Å². The maximum atomic E-state index is 12.9. The van der Waals surface area contributed by atoms with Gasteiger partial charge in [-0.2, -0.15) is 4.39 Å². The van der Waals surface area contributed by atoms with E-state index in [9.17, 15) is 4.39 Å². The highest BCUT2D eigenvalue weighted by Gasteiger charge is 2.02. The highest BCUT2D eigenvalue weighted by molar-refractivity contribution is 5.61. The summed E-state index contributed by atoms with van der Waals surface area (Å²) in [5.74, 6) is 0.0454. The first-order valence-corrected chi connectivity index (χ1v) is 5.12.